The zero-order chi connectivity index (χ0) is 23.4. The van der Waals surface area contributed by atoms with Gasteiger partial charge in [-0.05, 0) is 34.1 Å². The molecule has 3 rings (SSSR count). The lowest BCUT2D eigenvalue weighted by Crippen LogP contribution is -2.41. The number of nitrogens with zero attached hydrogens (tertiary/aromatic N) is 4. The number of anilines is 1. The molecule has 32 heavy (non-hydrogen) atoms. The van der Waals surface area contributed by atoms with Gasteiger partial charge in [0.05, 0.1) is 23.4 Å². The van der Waals surface area contributed by atoms with Crippen molar-refractivity contribution in [2.75, 3.05) is 12.4 Å². The third-order valence-electron chi connectivity index (χ3n) is 3.74. The van der Waals surface area contributed by atoms with Crippen LogP contribution in [0, 0.1) is 0 Å². The van der Waals surface area contributed by atoms with Crippen LogP contribution >= 0.6 is 50.7 Å². The lowest BCUT2D eigenvalue weighted by atomic mass is 10.2. The Morgan fingerprint density at radius 2 is 1.88 bits per heavy atom. The minimum absolute atomic E-state index is 0.0162. The maximum Gasteiger partial charge on any atom is 0.425 e. The van der Waals surface area contributed by atoms with Crippen molar-refractivity contribution in [3.8, 4) is 5.82 Å². The topological polar surface area (TPSA) is 140 Å². The van der Waals surface area contributed by atoms with Crippen molar-refractivity contribution in [2.24, 2.45) is 0 Å². The maximum atomic E-state index is 13.1. The van der Waals surface area contributed by atoms with Crippen LogP contribution in [0.1, 0.15) is 20.8 Å². The Hall–Kier alpha value is -2.93. The smallest absolute Gasteiger partial charge is 0.425 e. The van der Waals surface area contributed by atoms with Crippen LogP contribution < -0.4 is 16.2 Å². The van der Waals surface area contributed by atoms with Crippen LogP contribution in [0.25, 0.3) is 5.82 Å². The number of aromatic nitrogens is 4. The van der Waals surface area contributed by atoms with E-state index in [9.17, 15) is 14.4 Å². The Bertz CT molecular complexity index is 1220. The monoisotopic (exact) mass is 561 g/mol. The molecule has 0 radical (unpaired) electrons. The lowest BCUT2D eigenvalue weighted by Gasteiger charge is -2.14. The summed E-state index contributed by atoms with van der Waals surface area (Å²) in [6.45, 7) is 0. The Morgan fingerprint density at radius 3 is 2.56 bits per heavy atom. The first-order chi connectivity index (χ1) is 15.2. The number of hydrogen-bond acceptors (Lipinski definition) is 7. The van der Waals surface area contributed by atoms with E-state index in [-0.39, 0.29) is 38.1 Å². The number of hydrogen-bond donors (Lipinski definition) is 3. The first-order valence-electron chi connectivity index (χ1n) is 8.39. The molecule has 3 amide bonds. The second-order valence-corrected chi connectivity index (χ2v) is 7.72. The summed E-state index contributed by atoms with van der Waals surface area (Å²) >= 11 is 21.4. The molecule has 0 aromatic carbocycles. The fourth-order valence-electron chi connectivity index (χ4n) is 2.39. The molecule has 15 heteroatoms. The zero-order valence-electron chi connectivity index (χ0n) is 15.8. The molecule has 0 saturated carbocycles. The first-order valence-corrected chi connectivity index (χ1v) is 10.3. The van der Waals surface area contributed by atoms with E-state index in [1.54, 1.807) is 12.1 Å². The highest BCUT2D eigenvalue weighted by atomic mass is 79.9. The summed E-state index contributed by atoms with van der Waals surface area (Å²) in [5.41, 5.74) is 3.76. The molecule has 0 aliphatic carbocycles. The molecule has 0 aliphatic heterocycles. The van der Waals surface area contributed by atoms with Gasteiger partial charge in [-0.1, -0.05) is 34.8 Å². The average molecular weight is 564 g/mol. The van der Waals surface area contributed by atoms with E-state index in [0.717, 1.165) is 13.2 Å². The Balaban J connectivity index is 1.96. The third-order valence-corrected chi connectivity index (χ3v) is 4.89. The summed E-state index contributed by atoms with van der Waals surface area (Å²) in [6.07, 6.45) is 0.561. The van der Waals surface area contributed by atoms with Gasteiger partial charge in [-0.15, -0.1) is 0 Å². The van der Waals surface area contributed by atoms with Crippen LogP contribution in [0.5, 0.6) is 0 Å². The Labute approximate surface area is 203 Å². The van der Waals surface area contributed by atoms with Crippen molar-refractivity contribution in [3.05, 3.63) is 61.7 Å². The predicted molar refractivity (Wildman–Crippen MR) is 119 cm³/mol. The number of carbonyl (C=O) groups is 3. The van der Waals surface area contributed by atoms with Crippen molar-refractivity contribution >= 4 is 74.3 Å². The van der Waals surface area contributed by atoms with E-state index in [1.807, 2.05) is 5.43 Å². The van der Waals surface area contributed by atoms with Gasteiger partial charge in [0.25, 0.3) is 11.8 Å². The fourth-order valence-corrected chi connectivity index (χ4v) is 3.45. The molecule has 0 bridgehead atoms. The summed E-state index contributed by atoms with van der Waals surface area (Å²) < 4.78 is 5.90. The number of nitrogens with one attached hydrogen (secondary N) is 3. The van der Waals surface area contributed by atoms with Crippen LogP contribution in [0.4, 0.5) is 10.5 Å². The van der Waals surface area contributed by atoms with Crippen molar-refractivity contribution in [1.82, 2.24) is 30.6 Å². The molecule has 3 aromatic heterocycles. The van der Waals surface area contributed by atoms with E-state index >= 15 is 0 Å². The summed E-state index contributed by atoms with van der Waals surface area (Å²) in [6, 6.07) is 5.77. The molecule has 11 nitrogen and oxygen atoms in total. The van der Waals surface area contributed by atoms with Crippen LogP contribution in [0.2, 0.25) is 15.3 Å². The normalized spacial score (nSPS) is 10.4. The summed E-state index contributed by atoms with van der Waals surface area (Å²) in [4.78, 5) is 44.8. The molecule has 0 unspecified atom stereocenters. The number of pyridine rings is 2. The molecule has 3 aromatic rings. The third kappa shape index (κ3) is 5.27. The minimum Gasteiger partial charge on any atom is -0.452 e. The van der Waals surface area contributed by atoms with Crippen molar-refractivity contribution in [1.29, 1.82) is 0 Å². The molecule has 0 atom stereocenters. The number of carbonyl (C=O) groups excluding carboxylic acids is 3. The number of ether oxygens (including phenoxy) is 1. The molecule has 166 valence electrons. The summed E-state index contributed by atoms with van der Waals surface area (Å²) in [7, 11) is 1.11. The van der Waals surface area contributed by atoms with Gasteiger partial charge in [0.1, 0.15) is 15.5 Å². The van der Waals surface area contributed by atoms with E-state index < -0.39 is 17.9 Å². The SMILES string of the molecule is COC(=O)NNC(=O)c1cc(Cl)nc(Cl)c1NC(=O)c1cc(Br)nn1-c1ncccc1Cl. The quantitative estimate of drug-likeness (QED) is 0.325. The van der Waals surface area contributed by atoms with Crippen LogP contribution in [-0.4, -0.2) is 44.8 Å². The zero-order valence-corrected chi connectivity index (χ0v) is 19.7. The average Bonchev–Trinajstić information content (AvgIpc) is 3.15. The highest BCUT2D eigenvalue weighted by molar-refractivity contribution is 9.10. The number of methoxy groups -OCH3 is 1. The molecular formula is C17H11BrCl3N7O4. The van der Waals surface area contributed by atoms with Crippen LogP contribution in [-0.2, 0) is 4.74 Å². The maximum absolute atomic E-state index is 13.1. The van der Waals surface area contributed by atoms with Gasteiger partial charge in [0, 0.05) is 12.3 Å². The fraction of sp³-hybridized carbons (Fsp3) is 0.0588. The first kappa shape index (κ1) is 23.7. The second kappa shape index (κ2) is 10.1. The van der Waals surface area contributed by atoms with Gasteiger partial charge in [0.2, 0.25) is 0 Å². The largest absolute Gasteiger partial charge is 0.452 e. The highest BCUT2D eigenvalue weighted by Gasteiger charge is 2.24. The van der Waals surface area contributed by atoms with E-state index in [1.165, 1.54) is 16.9 Å². The van der Waals surface area contributed by atoms with Gasteiger partial charge in [-0.2, -0.15) is 5.10 Å². The molecule has 0 aliphatic rings. The highest BCUT2D eigenvalue weighted by Crippen LogP contribution is 2.29. The van der Waals surface area contributed by atoms with Gasteiger partial charge in [-0.25, -0.2) is 24.9 Å². The Kier molecular flexibility index (Phi) is 7.51. The minimum atomic E-state index is -0.920. The van der Waals surface area contributed by atoms with Gasteiger partial charge in [-0.3, -0.25) is 15.0 Å². The molecule has 0 saturated heterocycles. The van der Waals surface area contributed by atoms with E-state index in [0.29, 0.717) is 4.60 Å². The van der Waals surface area contributed by atoms with Gasteiger partial charge < -0.3 is 10.1 Å². The Morgan fingerprint density at radius 1 is 1.12 bits per heavy atom. The van der Waals surface area contributed by atoms with Crippen molar-refractivity contribution < 1.29 is 19.1 Å². The number of halogens is 4. The molecule has 3 N–H and O–H groups in total. The molecule has 0 fully saturated rings. The van der Waals surface area contributed by atoms with Gasteiger partial charge >= 0.3 is 6.09 Å². The van der Waals surface area contributed by atoms with Crippen LogP contribution in [0.15, 0.2) is 35.1 Å². The summed E-state index contributed by atoms with van der Waals surface area (Å²) in [5.74, 6) is -1.36. The van der Waals surface area contributed by atoms with Crippen LogP contribution in [0.3, 0.4) is 0 Å². The van der Waals surface area contributed by atoms with E-state index in [4.69, 9.17) is 34.8 Å². The molecule has 3 heterocycles. The molecule has 0 spiro atoms. The van der Waals surface area contributed by atoms with Crippen molar-refractivity contribution in [3.63, 3.8) is 0 Å². The van der Waals surface area contributed by atoms with E-state index in [2.05, 4.69) is 46.5 Å². The number of hydrazine groups is 1. The predicted octanol–water partition coefficient (Wildman–Crippen LogP) is 3.64. The second-order valence-electron chi connectivity index (χ2n) is 5.76. The molecular weight excluding hydrogens is 552 g/mol. The van der Waals surface area contributed by atoms with Crippen molar-refractivity contribution in [2.45, 2.75) is 0 Å². The number of amides is 3. The lowest BCUT2D eigenvalue weighted by molar-refractivity contribution is 0.0921. The standard InChI is InChI=1S/C17H11BrCl3N7O4/c1-32-17(31)26-25-15(29)7-5-11(20)23-13(21)12(7)24-16(30)9-6-10(18)27-28(9)14-8(19)3-2-4-22-14/h2-6H,1H3,(H,24,30)(H,25,29)(H,26,31). The number of rotatable bonds is 4. The van der Waals surface area contributed by atoms with Gasteiger partial charge in [0.15, 0.2) is 11.0 Å². The summed E-state index contributed by atoms with van der Waals surface area (Å²) in [5, 5.41) is 6.53.